The van der Waals surface area contributed by atoms with Crippen molar-refractivity contribution in [3.63, 3.8) is 0 Å². The molecule has 1 amide bonds. The van der Waals surface area contributed by atoms with Crippen LogP contribution in [-0.4, -0.2) is 51.6 Å². The van der Waals surface area contributed by atoms with Gasteiger partial charge in [0.05, 0.1) is 11.9 Å². The zero-order valence-electron chi connectivity index (χ0n) is 14.4. The Bertz CT molecular complexity index is 690. The molecule has 1 aliphatic rings. The van der Waals surface area contributed by atoms with E-state index in [0.717, 1.165) is 25.2 Å². The molecule has 6 nitrogen and oxygen atoms in total. The number of aliphatic hydroxyl groups is 1. The Kier molecular flexibility index (Phi) is 5.73. The summed E-state index contributed by atoms with van der Waals surface area (Å²) in [5.74, 6) is -0.174. The number of hydrogen-bond donors (Lipinski definition) is 2. The highest BCUT2D eigenvalue weighted by Gasteiger charge is 2.30. The molecule has 1 aromatic heterocycles. The number of amides is 1. The highest BCUT2D eigenvalue weighted by Crippen LogP contribution is 2.19. The zero-order valence-corrected chi connectivity index (χ0v) is 14.4. The number of carbonyl (C=O) groups excluding carboxylic acids is 1. The van der Waals surface area contributed by atoms with Crippen LogP contribution in [0.4, 0.5) is 0 Å². The van der Waals surface area contributed by atoms with E-state index in [0.29, 0.717) is 12.2 Å². The molecule has 0 spiro atoms. The number of aliphatic hydroxyl groups excluding tert-OH is 1. The van der Waals surface area contributed by atoms with Gasteiger partial charge in [0.15, 0.2) is 0 Å². The van der Waals surface area contributed by atoms with Gasteiger partial charge in [-0.15, -0.1) is 0 Å². The third-order valence-corrected chi connectivity index (χ3v) is 4.65. The molecule has 0 unspecified atom stereocenters. The summed E-state index contributed by atoms with van der Waals surface area (Å²) in [6, 6.07) is 10.2. The molecule has 0 aliphatic carbocycles. The number of likely N-dealkylation sites (tertiary alicyclic amines) is 1. The first-order chi connectivity index (χ1) is 12.2. The normalized spacial score (nSPS) is 21.0. The minimum Gasteiger partial charge on any atom is -0.396 e. The van der Waals surface area contributed by atoms with Gasteiger partial charge in [-0.1, -0.05) is 30.3 Å². The number of benzene rings is 1. The third-order valence-electron chi connectivity index (χ3n) is 4.65. The molecule has 132 valence electrons. The first-order valence-electron chi connectivity index (χ1n) is 8.62. The number of nitrogens with zero attached hydrogens (tertiary/aromatic N) is 3. The molecule has 2 N–H and O–H groups in total. The molecule has 0 radical (unpaired) electrons. The van der Waals surface area contributed by atoms with Gasteiger partial charge in [0.25, 0.3) is 5.91 Å². The van der Waals surface area contributed by atoms with Gasteiger partial charge in [-0.05, 0) is 25.5 Å². The van der Waals surface area contributed by atoms with E-state index in [4.69, 9.17) is 0 Å². The fourth-order valence-corrected chi connectivity index (χ4v) is 3.19. The molecular formula is C19H24N4O2. The van der Waals surface area contributed by atoms with Gasteiger partial charge in [0.1, 0.15) is 5.69 Å². The maximum absolute atomic E-state index is 12.4. The monoisotopic (exact) mass is 340 g/mol. The van der Waals surface area contributed by atoms with Crippen molar-refractivity contribution in [1.82, 2.24) is 20.2 Å². The Hall–Kier alpha value is -2.31. The SMILES string of the molecule is Cc1cnc(C(=O)N[C@H]2CN(Cc3ccccc3)CC[C@H]2CO)cn1. The average Bonchev–Trinajstić information content (AvgIpc) is 2.63. The minimum atomic E-state index is -0.238. The van der Waals surface area contributed by atoms with E-state index in [1.807, 2.05) is 25.1 Å². The fourth-order valence-electron chi connectivity index (χ4n) is 3.19. The Labute approximate surface area is 147 Å². The lowest BCUT2D eigenvalue weighted by Gasteiger charge is -2.38. The molecule has 3 rings (SSSR count). The van der Waals surface area contributed by atoms with Gasteiger partial charge in [-0.25, -0.2) is 4.98 Å². The van der Waals surface area contributed by atoms with E-state index < -0.39 is 0 Å². The highest BCUT2D eigenvalue weighted by atomic mass is 16.3. The van der Waals surface area contributed by atoms with Crippen LogP contribution in [0, 0.1) is 12.8 Å². The fraction of sp³-hybridized carbons (Fsp3) is 0.421. The summed E-state index contributed by atoms with van der Waals surface area (Å²) in [5.41, 5.74) is 2.33. The van der Waals surface area contributed by atoms with E-state index in [-0.39, 0.29) is 24.5 Å². The first-order valence-corrected chi connectivity index (χ1v) is 8.62. The van der Waals surface area contributed by atoms with E-state index in [1.54, 1.807) is 6.20 Å². The van der Waals surface area contributed by atoms with Crippen molar-refractivity contribution in [2.45, 2.75) is 25.9 Å². The van der Waals surface area contributed by atoms with E-state index in [9.17, 15) is 9.90 Å². The minimum absolute atomic E-state index is 0.0642. The van der Waals surface area contributed by atoms with E-state index in [2.05, 4.69) is 32.3 Å². The second kappa shape index (κ2) is 8.18. The van der Waals surface area contributed by atoms with Crippen LogP contribution in [0.25, 0.3) is 0 Å². The van der Waals surface area contributed by atoms with Crippen LogP contribution in [0.3, 0.4) is 0 Å². The summed E-state index contributed by atoms with van der Waals surface area (Å²) in [4.78, 5) is 23.0. The molecule has 2 heterocycles. The lowest BCUT2D eigenvalue weighted by molar-refractivity contribution is 0.0726. The Balaban J connectivity index is 1.64. The van der Waals surface area contributed by atoms with Crippen LogP contribution in [0.2, 0.25) is 0 Å². The van der Waals surface area contributed by atoms with Gasteiger partial charge in [-0.2, -0.15) is 0 Å². The molecule has 1 fully saturated rings. The molecule has 25 heavy (non-hydrogen) atoms. The highest BCUT2D eigenvalue weighted by molar-refractivity contribution is 5.92. The van der Waals surface area contributed by atoms with Gasteiger partial charge in [0.2, 0.25) is 0 Å². The van der Waals surface area contributed by atoms with Gasteiger partial charge in [-0.3, -0.25) is 14.7 Å². The molecule has 1 aromatic carbocycles. The van der Waals surface area contributed by atoms with Crippen molar-refractivity contribution in [3.8, 4) is 0 Å². The number of rotatable bonds is 5. The van der Waals surface area contributed by atoms with Crippen molar-refractivity contribution in [2.24, 2.45) is 5.92 Å². The van der Waals surface area contributed by atoms with Gasteiger partial charge < -0.3 is 10.4 Å². The number of hydrogen-bond acceptors (Lipinski definition) is 5. The summed E-state index contributed by atoms with van der Waals surface area (Å²) in [5, 5.41) is 12.7. The number of aromatic nitrogens is 2. The predicted molar refractivity (Wildman–Crippen MR) is 94.9 cm³/mol. The summed E-state index contributed by atoms with van der Waals surface area (Å²) in [6.45, 7) is 4.38. The molecule has 1 saturated heterocycles. The van der Waals surface area contributed by atoms with Gasteiger partial charge in [0, 0.05) is 37.9 Å². The van der Waals surface area contributed by atoms with Crippen molar-refractivity contribution < 1.29 is 9.90 Å². The van der Waals surface area contributed by atoms with Crippen LogP contribution in [0.15, 0.2) is 42.7 Å². The molecule has 0 saturated carbocycles. The Morgan fingerprint density at radius 1 is 1.28 bits per heavy atom. The molecule has 6 heteroatoms. The van der Waals surface area contributed by atoms with Crippen LogP contribution >= 0.6 is 0 Å². The molecular weight excluding hydrogens is 316 g/mol. The van der Waals surface area contributed by atoms with Gasteiger partial charge >= 0.3 is 0 Å². The standard InChI is InChI=1S/C19H24N4O2/c1-14-9-21-17(10-20-14)19(25)22-18-12-23(8-7-16(18)13-24)11-15-5-3-2-4-6-15/h2-6,9-10,16,18,24H,7-8,11-13H2,1H3,(H,22,25)/t16-,18-/m0/s1. The smallest absolute Gasteiger partial charge is 0.271 e. The number of carbonyl (C=O) groups is 1. The molecule has 2 aromatic rings. The topological polar surface area (TPSA) is 78.4 Å². The van der Waals surface area contributed by atoms with Crippen molar-refractivity contribution >= 4 is 5.91 Å². The van der Waals surface area contributed by atoms with Crippen LogP contribution in [0.1, 0.15) is 28.2 Å². The number of aryl methyl sites for hydroxylation is 1. The zero-order chi connectivity index (χ0) is 17.6. The lowest BCUT2D eigenvalue weighted by atomic mass is 9.91. The average molecular weight is 340 g/mol. The summed E-state index contributed by atoms with van der Waals surface area (Å²) in [6.07, 6.45) is 3.93. The van der Waals surface area contributed by atoms with Crippen molar-refractivity contribution in [1.29, 1.82) is 0 Å². The molecule has 2 atom stereocenters. The van der Waals surface area contributed by atoms with Crippen LogP contribution < -0.4 is 5.32 Å². The van der Waals surface area contributed by atoms with Crippen molar-refractivity contribution in [3.05, 3.63) is 59.7 Å². The van der Waals surface area contributed by atoms with E-state index in [1.165, 1.54) is 11.8 Å². The van der Waals surface area contributed by atoms with Crippen LogP contribution in [0.5, 0.6) is 0 Å². The summed E-state index contributed by atoms with van der Waals surface area (Å²) < 4.78 is 0. The van der Waals surface area contributed by atoms with Crippen LogP contribution in [-0.2, 0) is 6.54 Å². The third kappa shape index (κ3) is 4.61. The summed E-state index contributed by atoms with van der Waals surface area (Å²) >= 11 is 0. The number of piperidine rings is 1. The first kappa shape index (κ1) is 17.5. The van der Waals surface area contributed by atoms with E-state index >= 15 is 0 Å². The maximum atomic E-state index is 12.4. The Morgan fingerprint density at radius 3 is 2.76 bits per heavy atom. The Morgan fingerprint density at radius 2 is 2.08 bits per heavy atom. The largest absolute Gasteiger partial charge is 0.396 e. The number of nitrogens with one attached hydrogen (secondary N) is 1. The summed E-state index contributed by atoms with van der Waals surface area (Å²) in [7, 11) is 0. The predicted octanol–water partition coefficient (Wildman–Crippen LogP) is 1.40. The molecule has 1 aliphatic heterocycles. The maximum Gasteiger partial charge on any atom is 0.271 e. The van der Waals surface area contributed by atoms with Crippen molar-refractivity contribution in [2.75, 3.05) is 19.7 Å². The quantitative estimate of drug-likeness (QED) is 0.860. The molecule has 0 bridgehead atoms. The second-order valence-corrected chi connectivity index (χ2v) is 6.58. The second-order valence-electron chi connectivity index (χ2n) is 6.58. The lowest BCUT2D eigenvalue weighted by Crippen LogP contribution is -2.53.